The molecule has 1 aliphatic heterocycles. The predicted molar refractivity (Wildman–Crippen MR) is 179 cm³/mol. The molecule has 0 unspecified atom stereocenters. The summed E-state index contributed by atoms with van der Waals surface area (Å²) in [5, 5.41) is 16.9. The number of aliphatic hydroxyl groups is 1. The van der Waals surface area contributed by atoms with Crippen LogP contribution in [0.4, 0.5) is 0 Å². The molecule has 47 heavy (non-hydrogen) atoms. The van der Waals surface area contributed by atoms with Gasteiger partial charge in [-0.1, -0.05) is 66.9 Å². The number of aromatic amines is 1. The maximum absolute atomic E-state index is 13.4. The van der Waals surface area contributed by atoms with Crippen molar-refractivity contribution >= 4 is 75.5 Å². The largest absolute Gasteiger partial charge is 0.460 e. The molecule has 2 heterocycles. The molecule has 1 aliphatic rings. The van der Waals surface area contributed by atoms with Gasteiger partial charge in [0, 0.05) is 6.54 Å². The quantitative estimate of drug-likeness (QED) is 0.173. The molecule has 1 saturated heterocycles. The molecule has 13 nitrogen and oxygen atoms in total. The van der Waals surface area contributed by atoms with Gasteiger partial charge in [0.05, 0.1) is 16.3 Å². The number of nitrogens with one attached hydrogen (secondary N) is 4. The fraction of sp³-hybridized carbons (Fsp3) is 0.548. The first kappa shape index (κ1) is 38.2. The van der Waals surface area contributed by atoms with Crippen LogP contribution in [-0.2, 0) is 23.9 Å². The summed E-state index contributed by atoms with van der Waals surface area (Å²) in [5.41, 5.74) is 2.45. The Bertz CT molecular complexity index is 1570. The van der Waals surface area contributed by atoms with Crippen LogP contribution in [0.2, 0.25) is 0 Å². The van der Waals surface area contributed by atoms with E-state index in [0.717, 1.165) is 0 Å². The number of hydrazine groups is 1. The SMILES string of the molecule is CC(C)[C@H](NC(=O)C(C)(C)/C=C/c1ccc2c(=O)[nH]c([C@@H](C)O)nc2c1)C(=O)N[C@@H](C)C(=O)N1CCC[C@@H](C(=O)OCC(Cl)(Cl)Cl)N1. The number of halogens is 3. The molecule has 1 fully saturated rings. The number of amides is 3. The second-order valence-electron chi connectivity index (χ2n) is 12.4. The highest BCUT2D eigenvalue weighted by molar-refractivity contribution is 6.67. The molecule has 0 spiro atoms. The van der Waals surface area contributed by atoms with Crippen LogP contribution in [0, 0.1) is 11.3 Å². The minimum absolute atomic E-state index is 0.145. The van der Waals surface area contributed by atoms with Gasteiger partial charge in [0.25, 0.3) is 11.5 Å². The maximum Gasteiger partial charge on any atom is 0.325 e. The number of nitrogens with zero attached hydrogens (tertiary/aromatic N) is 2. The number of ether oxygens (including phenoxy) is 1. The third-order valence-corrected chi connectivity index (χ3v) is 7.83. The van der Waals surface area contributed by atoms with Gasteiger partial charge in [-0.2, -0.15) is 0 Å². The molecule has 3 rings (SSSR count). The third kappa shape index (κ3) is 10.6. The van der Waals surface area contributed by atoms with E-state index < -0.39 is 63.7 Å². The number of esters is 1. The normalized spacial score (nSPS) is 17.8. The average molecular weight is 716 g/mol. The van der Waals surface area contributed by atoms with E-state index in [0.29, 0.717) is 35.9 Å². The maximum atomic E-state index is 13.4. The van der Waals surface area contributed by atoms with Gasteiger partial charge in [0.2, 0.25) is 15.6 Å². The summed E-state index contributed by atoms with van der Waals surface area (Å²) >= 11 is 16.9. The van der Waals surface area contributed by atoms with Crippen molar-refractivity contribution in [2.45, 2.75) is 82.4 Å². The lowest BCUT2D eigenvalue weighted by molar-refractivity contribution is -0.152. The number of alkyl halides is 3. The standard InChI is InChI=1S/C31H41Cl3N6O7/c1-16(2)23(26(43)35-17(3)27(44)40-13-7-8-21(39-40)28(45)47-15-31(32,33)34)37-29(46)30(5,6)12-11-19-9-10-20-22(14-19)36-24(18(4)41)38-25(20)42/h9-12,14,16-18,21,23,39,41H,7-8,13,15H2,1-6H3,(H,35,43)(H,37,46)(H,36,38,42)/b12-11+/t17-,18+,21-,23-/m0/s1. The average Bonchev–Trinajstić information content (AvgIpc) is 3.00. The summed E-state index contributed by atoms with van der Waals surface area (Å²) in [6.45, 7) is 9.77. The predicted octanol–water partition coefficient (Wildman–Crippen LogP) is 3.07. The molecule has 0 bridgehead atoms. The molecule has 258 valence electrons. The van der Waals surface area contributed by atoms with Crippen molar-refractivity contribution in [2.75, 3.05) is 13.2 Å². The van der Waals surface area contributed by atoms with E-state index in [2.05, 4.69) is 26.0 Å². The summed E-state index contributed by atoms with van der Waals surface area (Å²) in [6.07, 6.45) is 3.33. The number of hydrogen-bond acceptors (Lipinski definition) is 9. The number of aliphatic hydroxyl groups excluding tert-OH is 1. The minimum Gasteiger partial charge on any atom is -0.460 e. The van der Waals surface area contributed by atoms with Gasteiger partial charge in [-0.15, -0.1) is 0 Å². The molecule has 0 aliphatic carbocycles. The van der Waals surface area contributed by atoms with Gasteiger partial charge in [-0.05, 0) is 64.2 Å². The van der Waals surface area contributed by atoms with Crippen molar-refractivity contribution in [1.82, 2.24) is 31.0 Å². The molecule has 4 atom stereocenters. The minimum atomic E-state index is -1.77. The van der Waals surface area contributed by atoms with Gasteiger partial charge in [0.15, 0.2) is 0 Å². The van der Waals surface area contributed by atoms with E-state index in [1.54, 1.807) is 58.0 Å². The van der Waals surface area contributed by atoms with Crippen molar-refractivity contribution < 1.29 is 29.0 Å². The number of benzene rings is 1. The Morgan fingerprint density at radius 2 is 1.83 bits per heavy atom. The van der Waals surface area contributed by atoms with Crippen LogP contribution in [0.1, 0.15) is 71.9 Å². The first-order valence-corrected chi connectivity index (χ1v) is 16.3. The van der Waals surface area contributed by atoms with Crippen molar-refractivity contribution in [3.8, 4) is 0 Å². The Kier molecular flexibility index (Phi) is 12.8. The lowest BCUT2D eigenvalue weighted by Gasteiger charge is -2.35. The highest BCUT2D eigenvalue weighted by Gasteiger charge is 2.35. The highest BCUT2D eigenvalue weighted by Crippen LogP contribution is 2.26. The lowest BCUT2D eigenvalue weighted by atomic mass is 9.89. The Balaban J connectivity index is 1.64. The molecule has 2 aromatic rings. The van der Waals surface area contributed by atoms with Gasteiger partial charge >= 0.3 is 5.97 Å². The van der Waals surface area contributed by atoms with Crippen LogP contribution < -0.4 is 21.6 Å². The van der Waals surface area contributed by atoms with Crippen LogP contribution in [0.5, 0.6) is 0 Å². The molecular weight excluding hydrogens is 675 g/mol. The van der Waals surface area contributed by atoms with E-state index >= 15 is 0 Å². The number of H-pyrrole nitrogens is 1. The van der Waals surface area contributed by atoms with Crippen molar-refractivity contribution in [1.29, 1.82) is 0 Å². The van der Waals surface area contributed by atoms with Crippen LogP contribution in [0.25, 0.3) is 17.0 Å². The van der Waals surface area contributed by atoms with Gasteiger partial charge in [0.1, 0.15) is 36.7 Å². The number of carbonyl (C=O) groups excluding carboxylic acids is 4. The molecule has 5 N–H and O–H groups in total. The Hall–Kier alpha value is -3.23. The lowest BCUT2D eigenvalue weighted by Crippen LogP contribution is -2.61. The number of hydrogen-bond donors (Lipinski definition) is 5. The van der Waals surface area contributed by atoms with Crippen LogP contribution in [-0.4, -0.2) is 78.8 Å². The van der Waals surface area contributed by atoms with Crippen LogP contribution >= 0.6 is 34.8 Å². The Labute approximate surface area is 287 Å². The van der Waals surface area contributed by atoms with Crippen LogP contribution in [0.15, 0.2) is 29.1 Å². The van der Waals surface area contributed by atoms with Crippen molar-refractivity contribution in [3.05, 3.63) is 46.0 Å². The number of aromatic nitrogens is 2. The first-order valence-electron chi connectivity index (χ1n) is 15.1. The smallest absolute Gasteiger partial charge is 0.325 e. The van der Waals surface area contributed by atoms with Crippen molar-refractivity contribution in [3.63, 3.8) is 0 Å². The summed E-state index contributed by atoms with van der Waals surface area (Å²) < 4.78 is 3.25. The fourth-order valence-electron chi connectivity index (χ4n) is 4.69. The molecule has 16 heteroatoms. The molecule has 0 radical (unpaired) electrons. The van der Waals surface area contributed by atoms with Crippen molar-refractivity contribution in [2.24, 2.45) is 11.3 Å². The zero-order valence-corrected chi connectivity index (χ0v) is 29.3. The second-order valence-corrected chi connectivity index (χ2v) is 14.9. The second kappa shape index (κ2) is 15.8. The number of carbonyl (C=O) groups is 4. The number of fused-ring (bicyclic) bond motifs is 1. The third-order valence-electron chi connectivity index (χ3n) is 7.50. The fourth-order valence-corrected chi connectivity index (χ4v) is 4.85. The summed E-state index contributed by atoms with van der Waals surface area (Å²) in [7, 11) is 0. The monoisotopic (exact) mass is 714 g/mol. The number of rotatable bonds is 11. The zero-order valence-electron chi connectivity index (χ0n) is 27.0. The molecule has 0 saturated carbocycles. The Morgan fingerprint density at radius 1 is 1.15 bits per heavy atom. The highest BCUT2D eigenvalue weighted by atomic mass is 35.6. The summed E-state index contributed by atoms with van der Waals surface area (Å²) in [5.74, 6) is -2.32. The van der Waals surface area contributed by atoms with Gasteiger partial charge in [-0.3, -0.25) is 29.0 Å². The van der Waals surface area contributed by atoms with E-state index in [4.69, 9.17) is 39.5 Å². The van der Waals surface area contributed by atoms with E-state index in [1.807, 2.05) is 0 Å². The molecule has 1 aromatic carbocycles. The first-order chi connectivity index (χ1) is 21.8. The topological polar surface area (TPSA) is 183 Å². The summed E-state index contributed by atoms with van der Waals surface area (Å²) in [4.78, 5) is 71.5. The van der Waals surface area contributed by atoms with Gasteiger partial charge < -0.3 is 25.5 Å². The Morgan fingerprint density at radius 3 is 2.45 bits per heavy atom. The van der Waals surface area contributed by atoms with Crippen LogP contribution in [0.3, 0.4) is 0 Å². The van der Waals surface area contributed by atoms with E-state index in [1.165, 1.54) is 18.9 Å². The molecule has 1 aromatic heterocycles. The summed E-state index contributed by atoms with van der Waals surface area (Å²) in [6, 6.07) is 2.21. The molecule has 3 amide bonds. The zero-order chi connectivity index (χ0) is 35.3. The molecular formula is C31H41Cl3N6O7. The van der Waals surface area contributed by atoms with E-state index in [-0.39, 0.29) is 17.3 Å². The van der Waals surface area contributed by atoms with Gasteiger partial charge in [-0.25, -0.2) is 10.4 Å². The van der Waals surface area contributed by atoms with E-state index in [9.17, 15) is 29.1 Å².